The van der Waals surface area contributed by atoms with Crippen LogP contribution in [-0.4, -0.2) is 25.7 Å². The van der Waals surface area contributed by atoms with Crippen molar-refractivity contribution in [2.75, 3.05) is 20.7 Å². The minimum absolute atomic E-state index is 0.686. The summed E-state index contributed by atoms with van der Waals surface area (Å²) in [5.41, 5.74) is 4.23. The highest BCUT2D eigenvalue weighted by Crippen LogP contribution is 2.27. The molecule has 3 rings (SSSR count). The lowest BCUT2D eigenvalue weighted by Crippen LogP contribution is -3.08. The first-order valence-corrected chi connectivity index (χ1v) is 8.68. The number of hydrogen-bond acceptors (Lipinski definition) is 4. The first-order valence-electron chi connectivity index (χ1n) is 7.69. The van der Waals surface area contributed by atoms with E-state index in [4.69, 9.17) is 9.72 Å². The van der Waals surface area contributed by atoms with Gasteiger partial charge in [0, 0.05) is 17.7 Å². The molecule has 0 bridgehead atoms. The maximum atomic E-state index is 9.44. The number of rotatable bonds is 4. The maximum absolute atomic E-state index is 9.44. The molecule has 0 saturated heterocycles. The van der Waals surface area contributed by atoms with Crippen molar-refractivity contribution in [2.24, 2.45) is 0 Å². The monoisotopic (exact) mass is 326 g/mol. The number of methoxy groups -OCH3 is 1. The Morgan fingerprint density at radius 2 is 2.26 bits per heavy atom. The number of nitrogens with one attached hydrogen (secondary N) is 1. The van der Waals surface area contributed by atoms with Gasteiger partial charge in [-0.3, -0.25) is 0 Å². The molecule has 4 nitrogen and oxygen atoms in total. The number of quaternary nitrogens is 1. The van der Waals surface area contributed by atoms with Crippen LogP contribution in [0.4, 0.5) is 0 Å². The number of nitriles is 1. The summed E-state index contributed by atoms with van der Waals surface area (Å²) in [5.74, 6) is 1.64. The van der Waals surface area contributed by atoms with E-state index in [1.807, 2.05) is 24.3 Å². The van der Waals surface area contributed by atoms with E-state index >= 15 is 0 Å². The molecular formula is C18H20N3OS+. The molecule has 0 spiro atoms. The topological polar surface area (TPSA) is 50.3 Å². The van der Waals surface area contributed by atoms with Gasteiger partial charge in [-0.1, -0.05) is 12.1 Å². The molecule has 1 aliphatic heterocycles. The van der Waals surface area contributed by atoms with Crippen LogP contribution in [0.3, 0.4) is 0 Å². The average molecular weight is 326 g/mol. The lowest BCUT2D eigenvalue weighted by Gasteiger charge is -2.22. The molecule has 0 amide bonds. The molecule has 2 heterocycles. The number of benzene rings is 1. The van der Waals surface area contributed by atoms with Crippen molar-refractivity contribution in [3.05, 3.63) is 52.7 Å². The molecule has 1 aromatic carbocycles. The number of fused-ring (bicyclic) bond motifs is 1. The number of aromatic nitrogens is 1. The van der Waals surface area contributed by atoms with Crippen LogP contribution in [0.25, 0.3) is 0 Å². The first kappa shape index (κ1) is 15.9. The van der Waals surface area contributed by atoms with Crippen LogP contribution in [0.15, 0.2) is 35.4 Å². The van der Waals surface area contributed by atoms with Crippen LogP contribution in [0, 0.1) is 11.3 Å². The van der Waals surface area contributed by atoms with Crippen LogP contribution in [0.2, 0.25) is 0 Å². The zero-order chi connectivity index (χ0) is 16.2. The lowest BCUT2D eigenvalue weighted by atomic mass is 10.0. The Labute approximate surface area is 141 Å². The van der Waals surface area contributed by atoms with Crippen molar-refractivity contribution in [3.8, 4) is 11.8 Å². The number of nitrogens with zero attached hydrogens (tertiary/aromatic N) is 2. The Balaban J connectivity index is 1.81. The SMILES string of the molecule is COc1cccc(CSc2nc3c(cc2C#N)C[NH+](C)CC3)c1. The maximum Gasteiger partial charge on any atom is 0.119 e. The van der Waals surface area contributed by atoms with Gasteiger partial charge in [0.1, 0.15) is 23.4 Å². The summed E-state index contributed by atoms with van der Waals surface area (Å²) >= 11 is 1.62. The number of pyridine rings is 1. The van der Waals surface area contributed by atoms with Gasteiger partial charge in [0.05, 0.1) is 32.0 Å². The molecule has 118 valence electrons. The molecule has 1 atom stereocenters. The summed E-state index contributed by atoms with van der Waals surface area (Å²) in [6, 6.07) is 12.3. The summed E-state index contributed by atoms with van der Waals surface area (Å²) in [6.07, 6.45) is 0.986. The summed E-state index contributed by atoms with van der Waals surface area (Å²) < 4.78 is 5.26. The molecular weight excluding hydrogens is 306 g/mol. The Hall–Kier alpha value is -2.03. The Morgan fingerprint density at radius 1 is 1.39 bits per heavy atom. The van der Waals surface area contributed by atoms with Gasteiger partial charge in [-0.05, 0) is 23.8 Å². The highest BCUT2D eigenvalue weighted by atomic mass is 32.2. The van der Waals surface area contributed by atoms with Crippen molar-refractivity contribution in [3.63, 3.8) is 0 Å². The Morgan fingerprint density at radius 3 is 3.04 bits per heavy atom. The summed E-state index contributed by atoms with van der Waals surface area (Å²) in [7, 11) is 3.85. The van der Waals surface area contributed by atoms with Crippen molar-refractivity contribution in [1.29, 1.82) is 5.26 Å². The molecule has 2 aromatic rings. The predicted octanol–water partition coefficient (Wildman–Crippen LogP) is 1.82. The zero-order valence-corrected chi connectivity index (χ0v) is 14.2. The first-order chi connectivity index (χ1) is 11.2. The molecule has 1 aliphatic rings. The van der Waals surface area contributed by atoms with Gasteiger partial charge in [-0.25, -0.2) is 4.98 Å². The van der Waals surface area contributed by atoms with E-state index in [0.717, 1.165) is 41.7 Å². The summed E-state index contributed by atoms with van der Waals surface area (Å²) in [4.78, 5) is 6.24. The molecule has 1 aromatic heterocycles. The zero-order valence-electron chi connectivity index (χ0n) is 13.4. The molecule has 1 N–H and O–H groups in total. The minimum atomic E-state index is 0.686. The fourth-order valence-corrected chi connectivity index (χ4v) is 3.71. The van der Waals surface area contributed by atoms with E-state index in [0.29, 0.717) is 5.56 Å². The van der Waals surface area contributed by atoms with E-state index in [1.54, 1.807) is 18.9 Å². The second kappa shape index (κ2) is 7.03. The second-order valence-electron chi connectivity index (χ2n) is 5.83. The number of thioether (sulfide) groups is 1. The number of ether oxygens (including phenoxy) is 1. The largest absolute Gasteiger partial charge is 0.497 e. The van der Waals surface area contributed by atoms with E-state index < -0.39 is 0 Å². The Kier molecular flexibility index (Phi) is 4.85. The third-order valence-electron chi connectivity index (χ3n) is 4.07. The van der Waals surface area contributed by atoms with Crippen molar-refractivity contribution in [1.82, 2.24) is 4.98 Å². The molecule has 0 fully saturated rings. The third kappa shape index (κ3) is 3.66. The second-order valence-corrected chi connectivity index (χ2v) is 6.80. The molecule has 5 heteroatoms. The van der Waals surface area contributed by atoms with Gasteiger partial charge in [0.2, 0.25) is 0 Å². The molecule has 0 saturated carbocycles. The van der Waals surface area contributed by atoms with E-state index in [9.17, 15) is 5.26 Å². The van der Waals surface area contributed by atoms with Crippen LogP contribution >= 0.6 is 11.8 Å². The summed E-state index contributed by atoms with van der Waals surface area (Å²) in [6.45, 7) is 2.06. The van der Waals surface area contributed by atoms with Crippen molar-refractivity contribution < 1.29 is 9.64 Å². The van der Waals surface area contributed by atoms with Gasteiger partial charge in [-0.15, -0.1) is 11.8 Å². The van der Waals surface area contributed by atoms with Gasteiger partial charge in [-0.2, -0.15) is 5.26 Å². The van der Waals surface area contributed by atoms with Crippen molar-refractivity contribution >= 4 is 11.8 Å². The van der Waals surface area contributed by atoms with Gasteiger partial charge in [0.25, 0.3) is 0 Å². The summed E-state index contributed by atoms with van der Waals surface area (Å²) in [5, 5.41) is 10.3. The minimum Gasteiger partial charge on any atom is -0.497 e. The van der Waals surface area contributed by atoms with E-state index in [2.05, 4.69) is 19.2 Å². The fourth-order valence-electron chi connectivity index (χ4n) is 2.79. The van der Waals surface area contributed by atoms with Crippen LogP contribution in [-0.2, 0) is 18.7 Å². The highest BCUT2D eigenvalue weighted by Gasteiger charge is 2.20. The molecule has 0 aliphatic carbocycles. The highest BCUT2D eigenvalue weighted by molar-refractivity contribution is 7.98. The average Bonchev–Trinajstić information content (AvgIpc) is 2.59. The predicted molar refractivity (Wildman–Crippen MR) is 90.7 cm³/mol. The quantitative estimate of drug-likeness (QED) is 0.871. The van der Waals surface area contributed by atoms with Crippen LogP contribution < -0.4 is 9.64 Å². The molecule has 23 heavy (non-hydrogen) atoms. The molecule has 0 radical (unpaired) electrons. The normalized spacial score (nSPS) is 16.5. The standard InChI is InChI=1S/C18H19N3OS/c1-21-7-6-17-15(11-21)9-14(10-19)18(20-17)23-12-13-4-3-5-16(8-13)22-2/h3-5,8-9H,6-7,11-12H2,1-2H3/p+1. The van der Waals surface area contributed by atoms with E-state index in [-0.39, 0.29) is 0 Å². The van der Waals surface area contributed by atoms with Gasteiger partial charge in [0.15, 0.2) is 0 Å². The number of hydrogen-bond donors (Lipinski definition) is 1. The van der Waals surface area contributed by atoms with E-state index in [1.165, 1.54) is 16.0 Å². The number of likely N-dealkylation sites (N-methyl/N-ethyl adjacent to an activating group) is 1. The van der Waals surface area contributed by atoms with Crippen molar-refractivity contribution in [2.45, 2.75) is 23.7 Å². The lowest BCUT2D eigenvalue weighted by molar-refractivity contribution is -0.895. The smallest absolute Gasteiger partial charge is 0.119 e. The van der Waals surface area contributed by atoms with Gasteiger partial charge < -0.3 is 9.64 Å². The Bertz CT molecular complexity index is 754. The van der Waals surface area contributed by atoms with Crippen LogP contribution in [0.1, 0.15) is 22.4 Å². The van der Waals surface area contributed by atoms with Gasteiger partial charge >= 0.3 is 0 Å². The molecule has 1 unspecified atom stereocenters. The van der Waals surface area contributed by atoms with Crippen LogP contribution in [0.5, 0.6) is 5.75 Å². The fraction of sp³-hybridized carbons (Fsp3) is 0.333. The third-order valence-corrected chi connectivity index (χ3v) is 5.13.